The number of hydrogen-bond acceptors (Lipinski definition) is 4. The van der Waals surface area contributed by atoms with Gasteiger partial charge in [0, 0.05) is 19.2 Å². The van der Waals surface area contributed by atoms with Gasteiger partial charge in [0.2, 0.25) is 5.91 Å². The van der Waals surface area contributed by atoms with Gasteiger partial charge in [-0.15, -0.1) is 0 Å². The van der Waals surface area contributed by atoms with E-state index >= 15 is 0 Å². The molecule has 0 fully saturated rings. The number of amides is 1. The Morgan fingerprint density at radius 3 is 2.57 bits per heavy atom. The SMILES string of the molecule is Cc1cccc(CC(CNC(=O)CCCS(C)(=O)=O)C(=O)O)c1. The van der Waals surface area contributed by atoms with Gasteiger partial charge in [-0.3, -0.25) is 9.59 Å². The highest BCUT2D eigenvalue weighted by atomic mass is 32.2. The molecule has 1 unspecified atom stereocenters. The van der Waals surface area contributed by atoms with E-state index in [2.05, 4.69) is 5.32 Å². The zero-order valence-corrected chi connectivity index (χ0v) is 14.2. The molecule has 128 valence electrons. The van der Waals surface area contributed by atoms with Crippen LogP contribution in [0.25, 0.3) is 0 Å². The number of carboxylic acids is 1. The molecule has 0 heterocycles. The van der Waals surface area contributed by atoms with Crippen LogP contribution in [0.1, 0.15) is 24.0 Å². The maximum atomic E-state index is 11.7. The molecule has 0 aromatic heterocycles. The minimum atomic E-state index is -3.08. The van der Waals surface area contributed by atoms with Crippen LogP contribution in [-0.4, -0.2) is 44.0 Å². The molecule has 1 rings (SSSR count). The average Bonchev–Trinajstić information content (AvgIpc) is 2.41. The van der Waals surface area contributed by atoms with Crippen molar-refractivity contribution in [1.29, 1.82) is 0 Å². The molecule has 0 aliphatic rings. The van der Waals surface area contributed by atoms with Gasteiger partial charge in [0.25, 0.3) is 0 Å². The van der Waals surface area contributed by atoms with Crippen molar-refractivity contribution in [3.8, 4) is 0 Å². The molecule has 1 aromatic rings. The lowest BCUT2D eigenvalue weighted by Gasteiger charge is -2.14. The lowest BCUT2D eigenvalue weighted by molar-refractivity contribution is -0.141. The molecule has 1 amide bonds. The number of carbonyl (C=O) groups excluding carboxylic acids is 1. The Hall–Kier alpha value is -1.89. The van der Waals surface area contributed by atoms with E-state index in [1.165, 1.54) is 0 Å². The highest BCUT2D eigenvalue weighted by Crippen LogP contribution is 2.11. The first-order chi connectivity index (χ1) is 10.7. The smallest absolute Gasteiger partial charge is 0.308 e. The number of sulfone groups is 1. The van der Waals surface area contributed by atoms with Gasteiger partial charge in [-0.05, 0) is 25.3 Å². The summed E-state index contributed by atoms with van der Waals surface area (Å²) in [5.74, 6) is -2.06. The molecule has 2 N–H and O–H groups in total. The molecule has 1 aromatic carbocycles. The minimum absolute atomic E-state index is 0.0288. The summed E-state index contributed by atoms with van der Waals surface area (Å²) < 4.78 is 22.0. The van der Waals surface area contributed by atoms with Crippen LogP contribution in [0.2, 0.25) is 0 Å². The minimum Gasteiger partial charge on any atom is -0.481 e. The van der Waals surface area contributed by atoms with Crippen molar-refractivity contribution < 1.29 is 23.1 Å². The first kappa shape index (κ1) is 19.2. The van der Waals surface area contributed by atoms with E-state index in [0.717, 1.165) is 17.4 Å². The number of nitrogens with one attached hydrogen (secondary N) is 1. The van der Waals surface area contributed by atoms with E-state index in [9.17, 15) is 23.1 Å². The van der Waals surface area contributed by atoms with Crippen molar-refractivity contribution in [2.75, 3.05) is 18.6 Å². The summed E-state index contributed by atoms with van der Waals surface area (Å²) in [4.78, 5) is 23.0. The molecule has 1 atom stereocenters. The monoisotopic (exact) mass is 341 g/mol. The van der Waals surface area contributed by atoms with Crippen LogP contribution in [0.4, 0.5) is 0 Å². The van der Waals surface area contributed by atoms with Gasteiger partial charge in [0.1, 0.15) is 9.84 Å². The first-order valence-corrected chi connectivity index (χ1v) is 9.46. The van der Waals surface area contributed by atoms with Crippen molar-refractivity contribution in [1.82, 2.24) is 5.32 Å². The molecule has 0 saturated heterocycles. The molecule has 0 spiro atoms. The van der Waals surface area contributed by atoms with Crippen molar-refractivity contribution in [3.63, 3.8) is 0 Å². The highest BCUT2D eigenvalue weighted by molar-refractivity contribution is 7.90. The van der Waals surface area contributed by atoms with E-state index in [4.69, 9.17) is 0 Å². The fourth-order valence-corrected chi connectivity index (χ4v) is 2.86. The molecular weight excluding hydrogens is 318 g/mol. The molecule has 0 saturated carbocycles. The van der Waals surface area contributed by atoms with Crippen LogP contribution in [0.5, 0.6) is 0 Å². The van der Waals surface area contributed by atoms with Crippen molar-refractivity contribution in [2.24, 2.45) is 5.92 Å². The predicted octanol–water partition coefficient (Wildman–Crippen LogP) is 1.18. The Kier molecular flexibility index (Phi) is 7.22. The maximum absolute atomic E-state index is 11.7. The van der Waals surface area contributed by atoms with E-state index in [-0.39, 0.29) is 31.0 Å². The van der Waals surface area contributed by atoms with Gasteiger partial charge >= 0.3 is 5.97 Å². The third kappa shape index (κ3) is 8.35. The summed E-state index contributed by atoms with van der Waals surface area (Å²) in [5.41, 5.74) is 1.96. The van der Waals surface area contributed by atoms with Crippen LogP contribution in [-0.2, 0) is 25.8 Å². The van der Waals surface area contributed by atoms with Crippen LogP contribution in [0, 0.1) is 12.8 Å². The van der Waals surface area contributed by atoms with Crippen LogP contribution in [0.3, 0.4) is 0 Å². The van der Waals surface area contributed by atoms with Gasteiger partial charge in [0.15, 0.2) is 0 Å². The zero-order valence-electron chi connectivity index (χ0n) is 13.4. The van der Waals surface area contributed by atoms with Crippen molar-refractivity contribution in [3.05, 3.63) is 35.4 Å². The summed E-state index contributed by atoms with van der Waals surface area (Å²) in [5, 5.41) is 11.8. The second-order valence-corrected chi connectivity index (χ2v) is 8.03. The summed E-state index contributed by atoms with van der Waals surface area (Å²) in [6.07, 6.45) is 1.76. The molecule has 0 aliphatic heterocycles. The predicted molar refractivity (Wildman–Crippen MR) is 88.0 cm³/mol. The van der Waals surface area contributed by atoms with Crippen LogP contribution >= 0.6 is 0 Å². The summed E-state index contributed by atoms with van der Waals surface area (Å²) >= 11 is 0. The second kappa shape index (κ2) is 8.67. The first-order valence-electron chi connectivity index (χ1n) is 7.40. The summed E-state index contributed by atoms with van der Waals surface area (Å²) in [7, 11) is -3.08. The summed E-state index contributed by atoms with van der Waals surface area (Å²) in [6.45, 7) is 1.96. The number of hydrogen-bond donors (Lipinski definition) is 2. The van der Waals surface area contributed by atoms with Crippen molar-refractivity contribution in [2.45, 2.75) is 26.2 Å². The molecule has 7 heteroatoms. The van der Waals surface area contributed by atoms with E-state index < -0.39 is 21.7 Å². The van der Waals surface area contributed by atoms with E-state index in [1.54, 1.807) is 0 Å². The van der Waals surface area contributed by atoms with Gasteiger partial charge < -0.3 is 10.4 Å². The van der Waals surface area contributed by atoms with Crippen molar-refractivity contribution >= 4 is 21.7 Å². The molecular formula is C16H23NO5S. The number of carbonyl (C=O) groups is 2. The van der Waals surface area contributed by atoms with Gasteiger partial charge in [0.05, 0.1) is 11.7 Å². The molecule has 0 aliphatic carbocycles. The van der Waals surface area contributed by atoms with Gasteiger partial charge in [-0.1, -0.05) is 29.8 Å². The zero-order chi connectivity index (χ0) is 17.5. The fourth-order valence-electron chi connectivity index (χ4n) is 2.19. The quantitative estimate of drug-likeness (QED) is 0.702. The molecule has 0 radical (unpaired) electrons. The Balaban J connectivity index is 2.47. The maximum Gasteiger partial charge on any atom is 0.308 e. The lowest BCUT2D eigenvalue weighted by Crippen LogP contribution is -2.34. The fraction of sp³-hybridized carbons (Fsp3) is 0.500. The number of aryl methyl sites for hydroxylation is 1. The van der Waals surface area contributed by atoms with Crippen LogP contribution in [0.15, 0.2) is 24.3 Å². The highest BCUT2D eigenvalue weighted by Gasteiger charge is 2.19. The molecule has 23 heavy (non-hydrogen) atoms. The number of carboxylic acid groups (broad SMARTS) is 1. The van der Waals surface area contributed by atoms with E-state index in [1.807, 2.05) is 31.2 Å². The third-order valence-electron chi connectivity index (χ3n) is 3.38. The normalized spacial score (nSPS) is 12.6. The molecule has 6 nitrogen and oxygen atoms in total. The van der Waals surface area contributed by atoms with Gasteiger partial charge in [-0.25, -0.2) is 8.42 Å². The standard InChI is InChI=1S/C16H23NO5S/c1-12-5-3-6-13(9-12)10-14(16(19)20)11-17-15(18)7-4-8-23(2,21)22/h3,5-6,9,14H,4,7-8,10-11H2,1-2H3,(H,17,18)(H,19,20). The summed E-state index contributed by atoms with van der Waals surface area (Å²) in [6, 6.07) is 7.58. The number of rotatable bonds is 9. The van der Waals surface area contributed by atoms with Gasteiger partial charge in [-0.2, -0.15) is 0 Å². The topological polar surface area (TPSA) is 101 Å². The second-order valence-electron chi connectivity index (χ2n) is 5.77. The average molecular weight is 341 g/mol. The Morgan fingerprint density at radius 2 is 2.00 bits per heavy atom. The molecule has 0 bridgehead atoms. The number of aliphatic carboxylic acids is 1. The largest absolute Gasteiger partial charge is 0.481 e. The number of benzene rings is 1. The Bertz CT molecular complexity index is 654. The van der Waals surface area contributed by atoms with Crippen LogP contribution < -0.4 is 5.32 Å². The Labute approximate surface area is 136 Å². The third-order valence-corrected chi connectivity index (χ3v) is 4.41. The Morgan fingerprint density at radius 1 is 1.30 bits per heavy atom. The lowest BCUT2D eigenvalue weighted by atomic mass is 9.98. The van der Waals surface area contributed by atoms with E-state index in [0.29, 0.717) is 6.42 Å².